The van der Waals surface area contributed by atoms with Gasteiger partial charge in [0.05, 0.1) is 0 Å². The minimum absolute atomic E-state index is 0.268. The van der Waals surface area contributed by atoms with Crippen molar-refractivity contribution in [3.63, 3.8) is 0 Å². The quantitative estimate of drug-likeness (QED) is 0.694. The SMILES string of the molecule is CCNC(Cc1ccc(CC)s1)c1ccc(Br)cc1Cl. The zero-order chi connectivity index (χ0) is 14.5. The molecule has 0 saturated carbocycles. The maximum Gasteiger partial charge on any atom is 0.0465 e. The van der Waals surface area contributed by atoms with Gasteiger partial charge in [-0.15, -0.1) is 11.3 Å². The highest BCUT2D eigenvalue weighted by Crippen LogP contribution is 2.30. The lowest BCUT2D eigenvalue weighted by Gasteiger charge is -2.19. The molecule has 108 valence electrons. The van der Waals surface area contributed by atoms with Crippen LogP contribution < -0.4 is 5.32 Å². The van der Waals surface area contributed by atoms with Gasteiger partial charge < -0.3 is 5.32 Å². The molecule has 0 aliphatic carbocycles. The number of benzene rings is 1. The molecule has 1 N–H and O–H groups in total. The molecule has 0 radical (unpaired) electrons. The molecule has 1 aromatic carbocycles. The maximum absolute atomic E-state index is 6.39. The largest absolute Gasteiger partial charge is 0.310 e. The number of likely N-dealkylation sites (N-methyl/N-ethyl adjacent to an activating group) is 1. The second-order valence-electron chi connectivity index (χ2n) is 4.70. The number of hydrogen-bond acceptors (Lipinski definition) is 2. The number of hydrogen-bond donors (Lipinski definition) is 1. The van der Waals surface area contributed by atoms with Crippen molar-refractivity contribution >= 4 is 38.9 Å². The monoisotopic (exact) mass is 371 g/mol. The summed E-state index contributed by atoms with van der Waals surface area (Å²) in [6.07, 6.45) is 2.09. The molecule has 0 bridgehead atoms. The number of aryl methyl sites for hydroxylation is 1. The van der Waals surface area contributed by atoms with Gasteiger partial charge in [-0.1, -0.05) is 47.4 Å². The molecule has 0 amide bonds. The van der Waals surface area contributed by atoms with Crippen molar-refractivity contribution < 1.29 is 0 Å². The standard InChI is InChI=1S/C16H19BrClNS/c1-3-12-6-7-13(20-12)10-16(19-4-2)14-8-5-11(17)9-15(14)18/h5-9,16,19H,3-4,10H2,1-2H3. The summed E-state index contributed by atoms with van der Waals surface area (Å²) < 4.78 is 1.02. The highest BCUT2D eigenvalue weighted by molar-refractivity contribution is 9.10. The van der Waals surface area contributed by atoms with Crippen LogP contribution in [-0.4, -0.2) is 6.54 Å². The van der Waals surface area contributed by atoms with Gasteiger partial charge in [-0.25, -0.2) is 0 Å². The van der Waals surface area contributed by atoms with Gasteiger partial charge in [0.25, 0.3) is 0 Å². The molecule has 0 aliphatic heterocycles. The Kier molecular flexibility index (Phi) is 6.09. The van der Waals surface area contributed by atoms with Gasteiger partial charge in [-0.05, 0) is 42.8 Å². The van der Waals surface area contributed by atoms with E-state index in [-0.39, 0.29) is 6.04 Å². The van der Waals surface area contributed by atoms with E-state index in [2.05, 4.69) is 59.4 Å². The molecule has 0 spiro atoms. The zero-order valence-electron chi connectivity index (χ0n) is 11.7. The fraction of sp³-hybridized carbons (Fsp3) is 0.375. The molecule has 1 aromatic heterocycles. The normalized spacial score (nSPS) is 12.6. The number of halogens is 2. The number of thiophene rings is 1. The summed E-state index contributed by atoms with van der Waals surface area (Å²) >= 11 is 11.8. The van der Waals surface area contributed by atoms with Gasteiger partial charge in [0, 0.05) is 31.7 Å². The van der Waals surface area contributed by atoms with Crippen molar-refractivity contribution in [1.82, 2.24) is 5.32 Å². The van der Waals surface area contributed by atoms with E-state index in [1.807, 2.05) is 17.4 Å². The molecule has 1 atom stereocenters. The van der Waals surface area contributed by atoms with E-state index < -0.39 is 0 Å². The molecular weight excluding hydrogens is 354 g/mol. The summed E-state index contributed by atoms with van der Waals surface area (Å²) in [6, 6.07) is 10.9. The summed E-state index contributed by atoms with van der Waals surface area (Å²) in [5.74, 6) is 0. The summed E-state index contributed by atoms with van der Waals surface area (Å²) in [5, 5.41) is 4.36. The van der Waals surface area contributed by atoms with E-state index in [9.17, 15) is 0 Å². The Hall–Kier alpha value is -0.350. The highest BCUT2D eigenvalue weighted by Gasteiger charge is 2.15. The van der Waals surface area contributed by atoms with Crippen LogP contribution in [0.3, 0.4) is 0 Å². The van der Waals surface area contributed by atoms with E-state index in [0.717, 1.165) is 28.9 Å². The first-order chi connectivity index (χ1) is 9.63. The molecule has 20 heavy (non-hydrogen) atoms. The second-order valence-corrected chi connectivity index (χ2v) is 7.28. The lowest BCUT2D eigenvalue weighted by Crippen LogP contribution is -2.23. The highest BCUT2D eigenvalue weighted by atomic mass is 79.9. The average molecular weight is 373 g/mol. The van der Waals surface area contributed by atoms with Gasteiger partial charge in [0.2, 0.25) is 0 Å². The van der Waals surface area contributed by atoms with Crippen molar-refractivity contribution in [2.24, 2.45) is 0 Å². The first-order valence-corrected chi connectivity index (χ1v) is 8.88. The van der Waals surface area contributed by atoms with Crippen LogP contribution in [0.5, 0.6) is 0 Å². The fourth-order valence-electron chi connectivity index (χ4n) is 2.25. The summed E-state index contributed by atoms with van der Waals surface area (Å²) in [4.78, 5) is 2.85. The number of nitrogens with one attached hydrogen (secondary N) is 1. The van der Waals surface area contributed by atoms with Gasteiger partial charge in [0.15, 0.2) is 0 Å². The third-order valence-corrected chi connectivity index (χ3v) is 5.33. The topological polar surface area (TPSA) is 12.0 Å². The number of rotatable bonds is 6. The third kappa shape index (κ3) is 4.08. The molecule has 0 aliphatic rings. The summed E-state index contributed by atoms with van der Waals surface area (Å²) in [5.41, 5.74) is 1.17. The van der Waals surface area contributed by atoms with E-state index >= 15 is 0 Å². The fourth-order valence-corrected chi connectivity index (χ4v) is 4.05. The van der Waals surface area contributed by atoms with Gasteiger partial charge in [0.1, 0.15) is 0 Å². The van der Waals surface area contributed by atoms with E-state index in [1.165, 1.54) is 15.3 Å². The van der Waals surface area contributed by atoms with Crippen LogP contribution in [0.2, 0.25) is 5.02 Å². The van der Waals surface area contributed by atoms with Gasteiger partial charge in [-0.3, -0.25) is 0 Å². The van der Waals surface area contributed by atoms with E-state index in [1.54, 1.807) is 0 Å². The minimum atomic E-state index is 0.268. The minimum Gasteiger partial charge on any atom is -0.310 e. The van der Waals surface area contributed by atoms with E-state index in [0.29, 0.717) is 0 Å². The predicted molar refractivity (Wildman–Crippen MR) is 93.0 cm³/mol. The Morgan fingerprint density at radius 3 is 2.55 bits per heavy atom. The van der Waals surface area contributed by atoms with Crippen LogP contribution in [-0.2, 0) is 12.8 Å². The maximum atomic E-state index is 6.39. The molecule has 2 rings (SSSR count). The molecule has 0 saturated heterocycles. The van der Waals surface area contributed by atoms with Crippen LogP contribution in [0, 0.1) is 0 Å². The zero-order valence-corrected chi connectivity index (χ0v) is 14.9. The van der Waals surface area contributed by atoms with E-state index in [4.69, 9.17) is 11.6 Å². The van der Waals surface area contributed by atoms with Crippen molar-refractivity contribution in [3.8, 4) is 0 Å². The van der Waals surface area contributed by atoms with Crippen molar-refractivity contribution in [3.05, 3.63) is 55.1 Å². The molecule has 0 fully saturated rings. The van der Waals surface area contributed by atoms with Gasteiger partial charge >= 0.3 is 0 Å². The molecule has 4 heteroatoms. The Morgan fingerprint density at radius 2 is 1.95 bits per heavy atom. The summed E-state index contributed by atoms with van der Waals surface area (Å²) in [6.45, 7) is 5.26. The molecule has 2 aromatic rings. The van der Waals surface area contributed by atoms with Crippen molar-refractivity contribution in [2.45, 2.75) is 32.7 Å². The third-order valence-electron chi connectivity index (χ3n) is 3.26. The molecular formula is C16H19BrClNS. The van der Waals surface area contributed by atoms with Crippen LogP contribution >= 0.6 is 38.9 Å². The predicted octanol–water partition coefficient (Wildman–Crippen LogP) is 5.62. The average Bonchev–Trinajstić information content (AvgIpc) is 2.86. The lowest BCUT2D eigenvalue weighted by atomic mass is 10.0. The van der Waals surface area contributed by atoms with Crippen LogP contribution in [0.15, 0.2) is 34.8 Å². The Bertz CT molecular complexity index is 567. The summed E-state index contributed by atoms with van der Waals surface area (Å²) in [7, 11) is 0. The van der Waals surface area contributed by atoms with Crippen LogP contribution in [0.4, 0.5) is 0 Å². The van der Waals surface area contributed by atoms with Crippen molar-refractivity contribution in [2.75, 3.05) is 6.54 Å². The Morgan fingerprint density at radius 1 is 1.20 bits per heavy atom. The van der Waals surface area contributed by atoms with Gasteiger partial charge in [-0.2, -0.15) is 0 Å². The second kappa shape index (κ2) is 7.60. The first-order valence-electron chi connectivity index (χ1n) is 6.90. The molecule has 1 unspecified atom stereocenters. The smallest absolute Gasteiger partial charge is 0.0465 e. The Labute approximate surface area is 138 Å². The molecule has 1 nitrogen and oxygen atoms in total. The van der Waals surface area contributed by atoms with Crippen molar-refractivity contribution in [1.29, 1.82) is 0 Å². The molecule has 1 heterocycles. The van der Waals surface area contributed by atoms with Crippen LogP contribution in [0.1, 0.15) is 35.2 Å². The first kappa shape index (κ1) is 16.0. The Balaban J connectivity index is 2.21. The van der Waals surface area contributed by atoms with Crippen LogP contribution in [0.25, 0.3) is 0 Å². The lowest BCUT2D eigenvalue weighted by molar-refractivity contribution is 0.553.